The maximum Gasteiger partial charge on any atom is 0.335 e. The summed E-state index contributed by atoms with van der Waals surface area (Å²) < 4.78 is 16.6. The molecular formula is C13H26O4Si. The predicted octanol–water partition coefficient (Wildman–Crippen LogP) is 2.89. The molecule has 1 unspecified atom stereocenters. The normalized spacial score (nSPS) is 13.2. The Labute approximate surface area is 112 Å². The molecule has 0 aliphatic rings. The molecule has 1 atom stereocenters. The monoisotopic (exact) mass is 274 g/mol. The molecule has 0 saturated heterocycles. The molecule has 0 aliphatic carbocycles. The van der Waals surface area contributed by atoms with Crippen LogP contribution in [0.1, 0.15) is 27.7 Å². The standard InChI is InChI=1S/C13H26O4Si/c1-7-16-18(6,17-8-2)10-12(5)9-15-13(14)11(3)4/h12H,3,7-10H2,1-2,4-6H3. The van der Waals surface area contributed by atoms with E-state index in [1.165, 1.54) is 0 Å². The molecule has 0 N–H and O–H groups in total. The van der Waals surface area contributed by atoms with E-state index < -0.39 is 8.56 Å². The lowest BCUT2D eigenvalue weighted by atomic mass is 10.2. The summed E-state index contributed by atoms with van der Waals surface area (Å²) in [5.74, 6) is -0.110. The molecular weight excluding hydrogens is 248 g/mol. The Balaban J connectivity index is 4.21. The van der Waals surface area contributed by atoms with Gasteiger partial charge < -0.3 is 13.6 Å². The molecule has 0 rings (SSSR count). The minimum absolute atomic E-state index is 0.225. The number of hydrogen-bond donors (Lipinski definition) is 0. The molecule has 0 aromatic carbocycles. The van der Waals surface area contributed by atoms with E-state index in [9.17, 15) is 4.79 Å². The van der Waals surface area contributed by atoms with E-state index >= 15 is 0 Å². The van der Waals surface area contributed by atoms with Crippen LogP contribution in [0.4, 0.5) is 0 Å². The van der Waals surface area contributed by atoms with E-state index in [0.29, 0.717) is 25.4 Å². The van der Waals surface area contributed by atoms with Crippen molar-refractivity contribution in [1.29, 1.82) is 0 Å². The van der Waals surface area contributed by atoms with Crippen LogP contribution in [0.5, 0.6) is 0 Å². The number of carbonyl (C=O) groups is 1. The van der Waals surface area contributed by atoms with Gasteiger partial charge in [0.25, 0.3) is 0 Å². The van der Waals surface area contributed by atoms with Crippen LogP contribution in [0.15, 0.2) is 12.2 Å². The van der Waals surface area contributed by atoms with Gasteiger partial charge in [-0.1, -0.05) is 13.5 Å². The van der Waals surface area contributed by atoms with Crippen molar-refractivity contribution in [3.05, 3.63) is 12.2 Å². The summed E-state index contributed by atoms with van der Waals surface area (Å²) in [6.45, 7) is 14.9. The van der Waals surface area contributed by atoms with Crippen molar-refractivity contribution in [2.24, 2.45) is 5.92 Å². The Morgan fingerprint density at radius 3 is 2.17 bits per heavy atom. The molecule has 4 nitrogen and oxygen atoms in total. The summed E-state index contributed by atoms with van der Waals surface area (Å²) in [5, 5.41) is 0. The average molecular weight is 274 g/mol. The largest absolute Gasteiger partial charge is 0.462 e. The Bertz CT molecular complexity index is 272. The lowest BCUT2D eigenvalue weighted by Crippen LogP contribution is -2.41. The molecule has 0 amide bonds. The highest BCUT2D eigenvalue weighted by Gasteiger charge is 2.33. The smallest absolute Gasteiger partial charge is 0.335 e. The number of esters is 1. The van der Waals surface area contributed by atoms with Crippen molar-refractivity contribution >= 4 is 14.5 Å². The van der Waals surface area contributed by atoms with Gasteiger partial charge in [0.1, 0.15) is 0 Å². The van der Waals surface area contributed by atoms with Crippen molar-refractivity contribution in [1.82, 2.24) is 0 Å². The number of rotatable bonds is 9. The lowest BCUT2D eigenvalue weighted by Gasteiger charge is -2.28. The summed E-state index contributed by atoms with van der Waals surface area (Å²) in [7, 11) is -2.13. The zero-order valence-electron chi connectivity index (χ0n) is 12.2. The summed E-state index contributed by atoms with van der Waals surface area (Å²) in [6, 6.07) is 0.818. The summed E-state index contributed by atoms with van der Waals surface area (Å²) in [4.78, 5) is 11.3. The van der Waals surface area contributed by atoms with Crippen molar-refractivity contribution in [2.45, 2.75) is 40.3 Å². The van der Waals surface area contributed by atoms with E-state index in [1.54, 1.807) is 6.92 Å². The molecule has 0 bridgehead atoms. The predicted molar refractivity (Wildman–Crippen MR) is 74.6 cm³/mol. The minimum atomic E-state index is -2.13. The maximum atomic E-state index is 11.3. The molecule has 0 radical (unpaired) electrons. The van der Waals surface area contributed by atoms with Crippen LogP contribution in [-0.2, 0) is 18.4 Å². The molecule has 0 spiro atoms. The molecule has 0 saturated carbocycles. The van der Waals surface area contributed by atoms with E-state index in [4.69, 9.17) is 13.6 Å². The maximum absolute atomic E-state index is 11.3. The second kappa shape index (κ2) is 8.45. The third kappa shape index (κ3) is 6.93. The average Bonchev–Trinajstić information content (AvgIpc) is 2.25. The third-order valence-electron chi connectivity index (χ3n) is 2.47. The van der Waals surface area contributed by atoms with Crippen LogP contribution in [0.2, 0.25) is 12.6 Å². The molecule has 0 fully saturated rings. The Kier molecular flexibility index (Phi) is 8.14. The molecule has 0 aromatic heterocycles. The lowest BCUT2D eigenvalue weighted by molar-refractivity contribution is -0.140. The molecule has 0 aromatic rings. The van der Waals surface area contributed by atoms with Crippen LogP contribution in [0, 0.1) is 5.92 Å². The van der Waals surface area contributed by atoms with Crippen LogP contribution in [-0.4, -0.2) is 34.4 Å². The molecule has 0 heterocycles. The SMILES string of the molecule is C=C(C)C(=O)OCC(C)C[Si](C)(OCC)OCC. The van der Waals surface area contributed by atoms with Gasteiger partial charge in [0.15, 0.2) is 0 Å². The highest BCUT2D eigenvalue weighted by molar-refractivity contribution is 6.66. The Hall–Kier alpha value is -0.653. The number of ether oxygens (including phenoxy) is 1. The van der Waals surface area contributed by atoms with Crippen molar-refractivity contribution in [2.75, 3.05) is 19.8 Å². The van der Waals surface area contributed by atoms with Gasteiger partial charge >= 0.3 is 14.5 Å². The van der Waals surface area contributed by atoms with Gasteiger partial charge in [-0.25, -0.2) is 4.79 Å². The first-order valence-corrected chi connectivity index (χ1v) is 8.97. The second-order valence-electron chi connectivity index (χ2n) is 4.69. The molecule has 18 heavy (non-hydrogen) atoms. The van der Waals surface area contributed by atoms with Crippen LogP contribution in [0.3, 0.4) is 0 Å². The van der Waals surface area contributed by atoms with Gasteiger partial charge in [-0.15, -0.1) is 0 Å². The van der Waals surface area contributed by atoms with Crippen LogP contribution < -0.4 is 0 Å². The zero-order chi connectivity index (χ0) is 14.2. The topological polar surface area (TPSA) is 44.8 Å². The van der Waals surface area contributed by atoms with E-state index in [1.807, 2.05) is 20.8 Å². The molecule has 0 aliphatic heterocycles. The van der Waals surface area contributed by atoms with Crippen molar-refractivity contribution in [3.8, 4) is 0 Å². The summed E-state index contributed by atoms with van der Waals surface area (Å²) in [5.41, 5.74) is 0.428. The highest BCUT2D eigenvalue weighted by Crippen LogP contribution is 2.20. The van der Waals surface area contributed by atoms with Gasteiger partial charge in [0, 0.05) is 18.8 Å². The van der Waals surface area contributed by atoms with Crippen molar-refractivity contribution < 1.29 is 18.4 Å². The second-order valence-corrected chi connectivity index (χ2v) is 7.94. The Morgan fingerprint density at radius 1 is 1.28 bits per heavy atom. The fraction of sp³-hybridized carbons (Fsp3) is 0.769. The third-order valence-corrected chi connectivity index (χ3v) is 5.70. The molecule has 5 heteroatoms. The van der Waals surface area contributed by atoms with E-state index in [2.05, 4.69) is 13.1 Å². The minimum Gasteiger partial charge on any atom is -0.462 e. The summed E-state index contributed by atoms with van der Waals surface area (Å²) >= 11 is 0. The van der Waals surface area contributed by atoms with E-state index in [-0.39, 0.29) is 11.9 Å². The number of hydrogen-bond acceptors (Lipinski definition) is 4. The van der Waals surface area contributed by atoms with Gasteiger partial charge in [0.05, 0.1) is 6.61 Å². The zero-order valence-corrected chi connectivity index (χ0v) is 13.2. The molecule has 106 valence electrons. The first-order valence-electron chi connectivity index (χ1n) is 6.45. The summed E-state index contributed by atoms with van der Waals surface area (Å²) in [6.07, 6.45) is 0. The van der Waals surface area contributed by atoms with E-state index in [0.717, 1.165) is 6.04 Å². The van der Waals surface area contributed by atoms with Crippen LogP contribution >= 0.6 is 0 Å². The fourth-order valence-electron chi connectivity index (χ4n) is 1.80. The van der Waals surface area contributed by atoms with Crippen LogP contribution in [0.25, 0.3) is 0 Å². The quantitative estimate of drug-likeness (QED) is 0.368. The van der Waals surface area contributed by atoms with Gasteiger partial charge in [-0.2, -0.15) is 0 Å². The van der Waals surface area contributed by atoms with Gasteiger partial charge in [-0.3, -0.25) is 0 Å². The highest BCUT2D eigenvalue weighted by atomic mass is 28.4. The fourth-order valence-corrected chi connectivity index (χ4v) is 4.73. The van der Waals surface area contributed by atoms with Gasteiger partial charge in [-0.05, 0) is 39.3 Å². The van der Waals surface area contributed by atoms with Crippen molar-refractivity contribution in [3.63, 3.8) is 0 Å². The number of carbonyl (C=O) groups excluding carboxylic acids is 1. The first-order chi connectivity index (χ1) is 8.34. The first kappa shape index (κ1) is 17.3. The van der Waals surface area contributed by atoms with Gasteiger partial charge in [0.2, 0.25) is 0 Å². The Morgan fingerprint density at radius 2 is 1.78 bits per heavy atom.